The van der Waals surface area contributed by atoms with Gasteiger partial charge in [0.25, 0.3) is 11.6 Å². The van der Waals surface area contributed by atoms with Crippen LogP contribution in [0.1, 0.15) is 12.5 Å². The average molecular weight is 393 g/mol. The molecule has 2 aliphatic heterocycles. The second kappa shape index (κ2) is 7.27. The summed E-state index contributed by atoms with van der Waals surface area (Å²) in [6.45, 7) is 0.889. The third-order valence-electron chi connectivity index (χ3n) is 4.05. The molecule has 3 rings (SSSR count). The van der Waals surface area contributed by atoms with Crippen molar-refractivity contribution in [2.75, 3.05) is 5.75 Å². The van der Waals surface area contributed by atoms with Crippen LogP contribution < -0.4 is 5.32 Å². The number of thioether (sulfide) groups is 1. The smallest absolute Gasteiger partial charge is 0.358 e. The predicted octanol–water partition coefficient (Wildman–Crippen LogP) is 0.827. The van der Waals surface area contributed by atoms with Crippen LogP contribution in [0.4, 0.5) is 5.69 Å². The third-order valence-corrected chi connectivity index (χ3v) is 5.31. The second-order valence-corrected chi connectivity index (χ2v) is 6.95. The lowest BCUT2D eigenvalue weighted by Gasteiger charge is -2.48. The SMILES string of the molecule is CC(=O)NC1C(=O)N2C(C(=O)OCc3ccccc3[N+](=O)[O-])=C(O)CS[C@H]12. The summed E-state index contributed by atoms with van der Waals surface area (Å²) < 4.78 is 5.09. The van der Waals surface area contributed by atoms with Crippen LogP contribution in [0.3, 0.4) is 0 Å². The number of carbonyl (C=O) groups excluding carboxylic acids is 3. The number of nitrogens with zero attached hydrogens (tertiary/aromatic N) is 2. The molecule has 2 heterocycles. The summed E-state index contributed by atoms with van der Waals surface area (Å²) in [6.07, 6.45) is 0. The highest BCUT2D eigenvalue weighted by Gasteiger charge is 2.54. The van der Waals surface area contributed by atoms with E-state index in [9.17, 15) is 29.6 Å². The summed E-state index contributed by atoms with van der Waals surface area (Å²) in [5.41, 5.74) is -0.320. The molecule has 10 nitrogen and oxygen atoms in total. The maximum atomic E-state index is 12.4. The molecule has 0 aromatic heterocycles. The molecule has 1 unspecified atom stereocenters. The number of hydrogen-bond acceptors (Lipinski definition) is 8. The topological polar surface area (TPSA) is 139 Å². The van der Waals surface area contributed by atoms with Gasteiger partial charge < -0.3 is 15.2 Å². The first-order valence-corrected chi connectivity index (χ1v) is 8.89. The van der Waals surface area contributed by atoms with Crippen LogP contribution >= 0.6 is 11.8 Å². The minimum atomic E-state index is -0.967. The number of aliphatic hydroxyl groups is 1. The van der Waals surface area contributed by atoms with Crippen LogP contribution in [0.5, 0.6) is 0 Å². The fraction of sp³-hybridized carbons (Fsp3) is 0.312. The first-order chi connectivity index (χ1) is 12.8. The highest BCUT2D eigenvalue weighted by atomic mass is 32.2. The Morgan fingerprint density at radius 1 is 1.44 bits per heavy atom. The van der Waals surface area contributed by atoms with E-state index in [0.717, 1.165) is 4.90 Å². The maximum absolute atomic E-state index is 12.4. The Morgan fingerprint density at radius 2 is 2.15 bits per heavy atom. The van der Waals surface area contributed by atoms with Crippen LogP contribution in [0, 0.1) is 10.1 Å². The van der Waals surface area contributed by atoms with E-state index in [0.29, 0.717) is 0 Å². The Bertz CT molecular complexity index is 869. The molecule has 11 heteroatoms. The molecule has 1 aromatic carbocycles. The van der Waals surface area contributed by atoms with Crippen molar-refractivity contribution < 1.29 is 29.2 Å². The summed E-state index contributed by atoms with van der Waals surface area (Å²) in [6, 6.07) is 5.00. The van der Waals surface area contributed by atoms with Gasteiger partial charge in [-0.05, 0) is 6.07 Å². The van der Waals surface area contributed by atoms with Crippen LogP contribution in [-0.2, 0) is 25.7 Å². The number of ether oxygens (including phenoxy) is 1. The lowest BCUT2D eigenvalue weighted by molar-refractivity contribution is -0.385. The number of para-hydroxylation sites is 1. The molecule has 0 radical (unpaired) electrons. The average Bonchev–Trinajstić information content (AvgIpc) is 2.64. The number of esters is 1. The minimum absolute atomic E-state index is 0.0699. The summed E-state index contributed by atoms with van der Waals surface area (Å²) >= 11 is 1.20. The van der Waals surface area contributed by atoms with Crippen molar-refractivity contribution in [3.05, 3.63) is 51.4 Å². The molecule has 2 amide bonds. The molecule has 2 atom stereocenters. The number of benzene rings is 1. The number of fused-ring (bicyclic) bond motifs is 1. The molecule has 0 bridgehead atoms. The first kappa shape index (κ1) is 18.7. The highest BCUT2D eigenvalue weighted by molar-refractivity contribution is 8.00. The zero-order valence-electron chi connectivity index (χ0n) is 14.1. The lowest BCUT2D eigenvalue weighted by atomic mass is 10.0. The molecule has 27 heavy (non-hydrogen) atoms. The third kappa shape index (κ3) is 3.45. The van der Waals surface area contributed by atoms with Gasteiger partial charge in [0.2, 0.25) is 5.91 Å². The molecule has 0 saturated carbocycles. The van der Waals surface area contributed by atoms with Crippen molar-refractivity contribution >= 4 is 35.2 Å². The van der Waals surface area contributed by atoms with Gasteiger partial charge in [-0.2, -0.15) is 0 Å². The molecular weight excluding hydrogens is 378 g/mol. The van der Waals surface area contributed by atoms with E-state index in [1.54, 1.807) is 6.07 Å². The van der Waals surface area contributed by atoms with E-state index in [-0.39, 0.29) is 41.0 Å². The molecule has 1 aromatic rings. The van der Waals surface area contributed by atoms with E-state index in [1.165, 1.54) is 36.9 Å². The molecule has 1 fully saturated rings. The molecular formula is C16H15N3O7S. The lowest BCUT2D eigenvalue weighted by Crippen LogP contribution is -2.70. The Morgan fingerprint density at radius 3 is 2.81 bits per heavy atom. The largest absolute Gasteiger partial charge is 0.509 e. The molecule has 2 N–H and O–H groups in total. The van der Waals surface area contributed by atoms with Gasteiger partial charge in [0.1, 0.15) is 23.8 Å². The van der Waals surface area contributed by atoms with Gasteiger partial charge in [-0.15, -0.1) is 11.8 Å². The van der Waals surface area contributed by atoms with Crippen molar-refractivity contribution in [1.29, 1.82) is 0 Å². The van der Waals surface area contributed by atoms with Gasteiger partial charge in [0, 0.05) is 13.0 Å². The van der Waals surface area contributed by atoms with Gasteiger partial charge in [0.05, 0.1) is 16.2 Å². The zero-order chi connectivity index (χ0) is 19.7. The maximum Gasteiger partial charge on any atom is 0.358 e. The van der Waals surface area contributed by atoms with Crippen LogP contribution in [0.2, 0.25) is 0 Å². The number of nitro groups is 1. The fourth-order valence-corrected chi connectivity index (χ4v) is 4.04. The molecule has 2 aliphatic rings. The number of β-lactam (4-membered cyclic amide) rings is 1. The Kier molecular flexibility index (Phi) is 5.04. The van der Waals surface area contributed by atoms with Crippen molar-refractivity contribution in [3.8, 4) is 0 Å². The summed E-state index contributed by atoms with van der Waals surface area (Å²) in [4.78, 5) is 47.4. The van der Waals surface area contributed by atoms with Gasteiger partial charge in [0.15, 0.2) is 5.70 Å². The highest BCUT2D eigenvalue weighted by Crippen LogP contribution is 2.40. The van der Waals surface area contributed by atoms with Crippen molar-refractivity contribution in [2.45, 2.75) is 24.9 Å². The van der Waals surface area contributed by atoms with Crippen molar-refractivity contribution in [2.24, 2.45) is 0 Å². The number of amides is 2. The monoisotopic (exact) mass is 393 g/mol. The van der Waals surface area contributed by atoms with E-state index < -0.39 is 28.2 Å². The number of nitro benzene ring substituents is 1. The standard InChI is InChI=1S/C16H15N3O7S/c1-8(20)17-12-14(22)18-13(11(21)7-27-15(12)18)16(23)26-6-9-4-2-3-5-10(9)19(24)25/h2-5,12,15,21H,6-7H2,1H3,(H,17,20)/t12?,15-/m1/s1. The summed E-state index contributed by atoms with van der Waals surface area (Å²) in [7, 11) is 0. The molecule has 0 spiro atoms. The molecule has 0 aliphatic carbocycles. The van der Waals surface area contributed by atoms with E-state index >= 15 is 0 Å². The Balaban J connectivity index is 1.74. The van der Waals surface area contributed by atoms with E-state index in [4.69, 9.17) is 4.74 Å². The second-order valence-electron chi connectivity index (χ2n) is 5.85. The number of nitrogens with one attached hydrogen (secondary N) is 1. The van der Waals surface area contributed by atoms with Gasteiger partial charge in [-0.25, -0.2) is 4.79 Å². The van der Waals surface area contributed by atoms with Crippen LogP contribution in [0.15, 0.2) is 35.7 Å². The number of aliphatic hydroxyl groups excluding tert-OH is 1. The number of rotatable bonds is 5. The quantitative estimate of drug-likeness (QED) is 0.324. The fourth-order valence-electron chi connectivity index (χ4n) is 2.83. The number of carbonyl (C=O) groups is 3. The predicted molar refractivity (Wildman–Crippen MR) is 93.2 cm³/mol. The summed E-state index contributed by atoms with van der Waals surface area (Å²) in [5.74, 6) is -2.14. The van der Waals surface area contributed by atoms with Crippen LogP contribution in [-0.4, -0.2) is 49.9 Å². The number of hydrogen-bond donors (Lipinski definition) is 2. The molecule has 142 valence electrons. The van der Waals surface area contributed by atoms with Gasteiger partial charge in [-0.1, -0.05) is 12.1 Å². The van der Waals surface area contributed by atoms with Crippen molar-refractivity contribution in [3.63, 3.8) is 0 Å². The Hall–Kier alpha value is -3.08. The normalized spacial score (nSPS) is 21.2. The van der Waals surface area contributed by atoms with Gasteiger partial charge >= 0.3 is 5.97 Å². The minimum Gasteiger partial charge on any atom is -0.509 e. The van der Waals surface area contributed by atoms with E-state index in [1.807, 2.05) is 0 Å². The van der Waals surface area contributed by atoms with E-state index in [2.05, 4.69) is 5.32 Å². The van der Waals surface area contributed by atoms with Gasteiger partial charge in [-0.3, -0.25) is 24.6 Å². The Labute approximate surface area is 157 Å². The van der Waals surface area contributed by atoms with Crippen LogP contribution in [0.25, 0.3) is 0 Å². The zero-order valence-corrected chi connectivity index (χ0v) is 14.9. The summed E-state index contributed by atoms with van der Waals surface area (Å²) in [5, 5.41) is 23.0. The van der Waals surface area contributed by atoms with Crippen molar-refractivity contribution in [1.82, 2.24) is 10.2 Å². The first-order valence-electron chi connectivity index (χ1n) is 7.84. The molecule has 1 saturated heterocycles.